The van der Waals surface area contributed by atoms with E-state index in [1.54, 1.807) is 11.3 Å². The molecule has 1 aromatic rings. The molecule has 0 bridgehead atoms. The number of thiophene rings is 1. The second kappa shape index (κ2) is 6.19. The second-order valence-corrected chi connectivity index (χ2v) is 6.52. The zero-order chi connectivity index (χ0) is 12.3. The van der Waals surface area contributed by atoms with E-state index in [0.29, 0.717) is 6.04 Å². The topological polar surface area (TPSA) is 15.3 Å². The summed E-state index contributed by atoms with van der Waals surface area (Å²) in [4.78, 5) is 3.96. The third-order valence-electron chi connectivity index (χ3n) is 3.55. The number of nitrogens with zero attached hydrogens (tertiary/aromatic N) is 1. The average Bonchev–Trinajstić information content (AvgIpc) is 2.94. The van der Waals surface area contributed by atoms with Crippen molar-refractivity contribution in [3.05, 3.63) is 21.3 Å². The molecule has 17 heavy (non-hydrogen) atoms. The zero-order valence-corrected chi connectivity index (χ0v) is 12.2. The fraction of sp³-hybridized carbons (Fsp3) is 0.692. The van der Waals surface area contributed by atoms with Gasteiger partial charge in [0.1, 0.15) is 0 Å². The van der Waals surface area contributed by atoms with Crippen LogP contribution in [0.3, 0.4) is 0 Å². The monoisotopic (exact) mass is 272 g/mol. The minimum atomic E-state index is 0.513. The minimum absolute atomic E-state index is 0.513. The van der Waals surface area contributed by atoms with E-state index in [2.05, 4.69) is 30.1 Å². The van der Waals surface area contributed by atoms with Crippen LogP contribution in [0.5, 0.6) is 0 Å². The SMILES string of the molecule is CCNCC1CCN(C(C)c2ccc(Cl)s2)C1. The third-order valence-corrected chi connectivity index (χ3v) is 4.96. The Kier molecular flexibility index (Phi) is 4.86. The Bertz CT molecular complexity index is 353. The van der Waals surface area contributed by atoms with Crippen molar-refractivity contribution in [1.82, 2.24) is 10.2 Å². The van der Waals surface area contributed by atoms with Crippen molar-refractivity contribution in [2.45, 2.75) is 26.3 Å². The van der Waals surface area contributed by atoms with Crippen molar-refractivity contribution in [2.24, 2.45) is 5.92 Å². The lowest BCUT2D eigenvalue weighted by Gasteiger charge is -2.23. The summed E-state index contributed by atoms with van der Waals surface area (Å²) >= 11 is 7.71. The zero-order valence-electron chi connectivity index (χ0n) is 10.6. The standard InChI is InChI=1S/C13H21ClN2S/c1-3-15-8-11-6-7-16(9-11)10(2)12-4-5-13(14)17-12/h4-5,10-11,15H,3,6-9H2,1-2H3. The Morgan fingerprint density at radius 1 is 1.59 bits per heavy atom. The Hall–Kier alpha value is -0.0900. The van der Waals surface area contributed by atoms with Gasteiger partial charge in [-0.05, 0) is 51.0 Å². The quantitative estimate of drug-likeness (QED) is 0.884. The molecule has 2 nitrogen and oxygen atoms in total. The van der Waals surface area contributed by atoms with Gasteiger partial charge in [0.15, 0.2) is 0 Å². The summed E-state index contributed by atoms with van der Waals surface area (Å²) < 4.78 is 0.898. The lowest BCUT2D eigenvalue weighted by molar-refractivity contribution is 0.255. The molecule has 1 aromatic heterocycles. The van der Waals surface area contributed by atoms with Crippen molar-refractivity contribution < 1.29 is 0 Å². The van der Waals surface area contributed by atoms with Gasteiger partial charge in [0.25, 0.3) is 0 Å². The van der Waals surface area contributed by atoms with Crippen molar-refractivity contribution in [2.75, 3.05) is 26.2 Å². The van der Waals surface area contributed by atoms with Crippen molar-refractivity contribution in [3.8, 4) is 0 Å². The molecule has 0 amide bonds. The van der Waals surface area contributed by atoms with Crippen LogP contribution in [0.25, 0.3) is 0 Å². The Morgan fingerprint density at radius 2 is 2.41 bits per heavy atom. The molecule has 0 aliphatic carbocycles. The molecule has 2 heterocycles. The predicted molar refractivity (Wildman–Crippen MR) is 76.0 cm³/mol. The van der Waals surface area contributed by atoms with Crippen molar-refractivity contribution in [1.29, 1.82) is 0 Å². The predicted octanol–water partition coefficient (Wildman–Crippen LogP) is 3.39. The highest BCUT2D eigenvalue weighted by atomic mass is 35.5. The smallest absolute Gasteiger partial charge is 0.0931 e. The molecule has 2 atom stereocenters. The first-order valence-electron chi connectivity index (χ1n) is 6.40. The molecule has 1 saturated heterocycles. The fourth-order valence-electron chi connectivity index (χ4n) is 2.46. The highest BCUT2D eigenvalue weighted by Gasteiger charge is 2.26. The largest absolute Gasteiger partial charge is 0.317 e. The molecule has 1 aliphatic heterocycles. The van der Waals surface area contributed by atoms with Gasteiger partial charge < -0.3 is 5.32 Å². The molecular formula is C13H21ClN2S. The lowest BCUT2D eigenvalue weighted by Crippen LogP contribution is -2.27. The van der Waals surface area contributed by atoms with E-state index in [9.17, 15) is 0 Å². The van der Waals surface area contributed by atoms with Crippen LogP contribution in [-0.4, -0.2) is 31.1 Å². The number of halogens is 1. The maximum Gasteiger partial charge on any atom is 0.0931 e. The molecule has 1 N–H and O–H groups in total. The molecule has 0 spiro atoms. The molecule has 1 fully saturated rings. The molecule has 0 aromatic carbocycles. The third kappa shape index (κ3) is 3.44. The van der Waals surface area contributed by atoms with Crippen molar-refractivity contribution >= 4 is 22.9 Å². The second-order valence-electron chi connectivity index (χ2n) is 4.78. The molecule has 2 unspecified atom stereocenters. The summed E-state index contributed by atoms with van der Waals surface area (Å²) in [6.45, 7) is 9.12. The van der Waals surface area contributed by atoms with Crippen LogP contribution in [0.15, 0.2) is 12.1 Å². The average molecular weight is 273 g/mol. The summed E-state index contributed by atoms with van der Waals surface area (Å²) in [6, 6.07) is 4.68. The summed E-state index contributed by atoms with van der Waals surface area (Å²) in [5.41, 5.74) is 0. The first-order valence-corrected chi connectivity index (χ1v) is 7.60. The maximum atomic E-state index is 6.00. The number of likely N-dealkylation sites (tertiary alicyclic amines) is 1. The number of nitrogens with one attached hydrogen (secondary N) is 1. The Balaban J connectivity index is 1.87. The number of hydrogen-bond donors (Lipinski definition) is 1. The van der Waals surface area contributed by atoms with E-state index in [1.807, 2.05) is 6.07 Å². The van der Waals surface area contributed by atoms with E-state index >= 15 is 0 Å². The van der Waals surface area contributed by atoms with Crippen LogP contribution in [0.4, 0.5) is 0 Å². The normalized spacial score (nSPS) is 23.1. The first kappa shape index (κ1) is 13.3. The van der Waals surface area contributed by atoms with Crippen LogP contribution in [0, 0.1) is 5.92 Å². The van der Waals surface area contributed by atoms with Gasteiger partial charge in [0.2, 0.25) is 0 Å². The van der Waals surface area contributed by atoms with Crippen LogP contribution in [-0.2, 0) is 0 Å². The highest BCUT2D eigenvalue weighted by molar-refractivity contribution is 7.16. The van der Waals surface area contributed by atoms with Gasteiger partial charge in [-0.15, -0.1) is 11.3 Å². The summed E-state index contributed by atoms with van der Waals surface area (Å²) in [7, 11) is 0. The van der Waals surface area contributed by atoms with E-state index in [-0.39, 0.29) is 0 Å². The van der Waals surface area contributed by atoms with Gasteiger partial charge in [-0.1, -0.05) is 18.5 Å². The molecular weight excluding hydrogens is 252 g/mol. The van der Waals surface area contributed by atoms with Gasteiger partial charge in [-0.25, -0.2) is 0 Å². The molecule has 2 rings (SSSR count). The van der Waals surface area contributed by atoms with Crippen molar-refractivity contribution in [3.63, 3.8) is 0 Å². The van der Waals surface area contributed by atoms with Crippen LogP contribution < -0.4 is 5.32 Å². The van der Waals surface area contributed by atoms with Crippen LogP contribution in [0.2, 0.25) is 4.34 Å². The van der Waals surface area contributed by atoms with E-state index in [1.165, 1.54) is 24.4 Å². The van der Waals surface area contributed by atoms with Crippen LogP contribution in [0.1, 0.15) is 31.2 Å². The maximum absolute atomic E-state index is 6.00. The van der Waals surface area contributed by atoms with Gasteiger partial charge in [0.05, 0.1) is 4.34 Å². The summed E-state index contributed by atoms with van der Waals surface area (Å²) in [6.07, 6.45) is 1.32. The highest BCUT2D eigenvalue weighted by Crippen LogP contribution is 2.33. The minimum Gasteiger partial charge on any atom is -0.317 e. The number of rotatable bonds is 5. The van der Waals surface area contributed by atoms with Gasteiger partial charge in [-0.3, -0.25) is 4.90 Å². The summed E-state index contributed by atoms with van der Waals surface area (Å²) in [5, 5.41) is 3.45. The molecule has 1 aliphatic rings. The Morgan fingerprint density at radius 3 is 3.06 bits per heavy atom. The molecule has 4 heteroatoms. The Labute approximate surface area is 113 Å². The molecule has 96 valence electrons. The van der Waals surface area contributed by atoms with Gasteiger partial charge >= 0.3 is 0 Å². The molecule has 0 saturated carbocycles. The van der Waals surface area contributed by atoms with E-state index < -0.39 is 0 Å². The first-order chi connectivity index (χ1) is 8.20. The fourth-order valence-corrected chi connectivity index (χ4v) is 3.61. The number of hydrogen-bond acceptors (Lipinski definition) is 3. The van der Waals surface area contributed by atoms with E-state index in [4.69, 9.17) is 11.6 Å². The van der Waals surface area contributed by atoms with Gasteiger partial charge in [0, 0.05) is 17.5 Å². The summed E-state index contributed by atoms with van der Waals surface area (Å²) in [5.74, 6) is 0.813. The van der Waals surface area contributed by atoms with Gasteiger partial charge in [-0.2, -0.15) is 0 Å². The lowest BCUT2D eigenvalue weighted by atomic mass is 10.1. The van der Waals surface area contributed by atoms with Crippen LogP contribution >= 0.6 is 22.9 Å². The van der Waals surface area contributed by atoms with E-state index in [0.717, 1.165) is 23.3 Å². The molecule has 0 radical (unpaired) electrons.